The number of para-hydroxylation sites is 1. The smallest absolute Gasteiger partial charge is 0.267 e. The molecule has 0 radical (unpaired) electrons. The predicted octanol–water partition coefficient (Wildman–Crippen LogP) is 4.98. The van der Waals surface area contributed by atoms with Crippen LogP contribution in [0.4, 0.5) is 5.69 Å². The van der Waals surface area contributed by atoms with Gasteiger partial charge in [-0.25, -0.2) is 9.97 Å². The summed E-state index contributed by atoms with van der Waals surface area (Å²) in [6.45, 7) is 1.83. The average molecular weight is 351 g/mol. The molecule has 4 rings (SSSR count). The van der Waals surface area contributed by atoms with Gasteiger partial charge in [-0.3, -0.25) is 4.79 Å². The van der Waals surface area contributed by atoms with E-state index in [1.165, 1.54) is 16.0 Å². The molecule has 2 heterocycles. The van der Waals surface area contributed by atoms with Crippen LogP contribution in [0, 0.1) is 6.92 Å². The number of amides is 1. The van der Waals surface area contributed by atoms with Crippen molar-refractivity contribution in [1.82, 2.24) is 9.97 Å². The fourth-order valence-electron chi connectivity index (χ4n) is 2.40. The first-order valence-corrected chi connectivity index (χ1v) is 9.08. The zero-order chi connectivity index (χ0) is 16.5. The molecule has 0 saturated heterocycles. The Balaban J connectivity index is 1.56. The van der Waals surface area contributed by atoms with Gasteiger partial charge in [-0.2, -0.15) is 0 Å². The Bertz CT molecular complexity index is 985. The van der Waals surface area contributed by atoms with Crippen LogP contribution in [0.25, 0.3) is 20.8 Å². The van der Waals surface area contributed by atoms with Crippen molar-refractivity contribution in [3.8, 4) is 10.6 Å². The van der Waals surface area contributed by atoms with Gasteiger partial charge in [0.05, 0.1) is 21.4 Å². The molecule has 0 spiro atoms. The number of thiazole rings is 2. The van der Waals surface area contributed by atoms with E-state index in [2.05, 4.69) is 21.4 Å². The van der Waals surface area contributed by atoms with Gasteiger partial charge >= 0.3 is 0 Å². The Morgan fingerprint density at radius 1 is 1.08 bits per heavy atom. The summed E-state index contributed by atoms with van der Waals surface area (Å²) in [5.74, 6) is -0.122. The summed E-state index contributed by atoms with van der Waals surface area (Å²) in [5.41, 5.74) is 5.25. The van der Waals surface area contributed by atoms with Gasteiger partial charge in [-0.15, -0.1) is 22.7 Å². The molecule has 0 aliphatic rings. The van der Waals surface area contributed by atoms with Crippen molar-refractivity contribution in [3.63, 3.8) is 0 Å². The van der Waals surface area contributed by atoms with Crippen molar-refractivity contribution in [2.24, 2.45) is 0 Å². The second-order valence-corrected chi connectivity index (χ2v) is 7.17. The third kappa shape index (κ3) is 2.81. The summed E-state index contributed by atoms with van der Waals surface area (Å²) >= 11 is 3.01. The first kappa shape index (κ1) is 15.0. The second kappa shape index (κ2) is 6.14. The molecule has 2 aromatic heterocycles. The number of nitrogens with one attached hydrogen (secondary N) is 1. The number of rotatable bonds is 3. The topological polar surface area (TPSA) is 54.9 Å². The number of aromatic nitrogens is 2. The minimum atomic E-state index is -0.122. The van der Waals surface area contributed by atoms with E-state index in [1.807, 2.05) is 49.4 Å². The molecule has 0 aliphatic carbocycles. The van der Waals surface area contributed by atoms with Crippen LogP contribution in [0.5, 0.6) is 0 Å². The third-order valence-corrected chi connectivity index (χ3v) is 5.65. The number of benzene rings is 2. The van der Waals surface area contributed by atoms with E-state index in [0.717, 1.165) is 27.5 Å². The highest BCUT2D eigenvalue weighted by atomic mass is 32.1. The maximum Gasteiger partial charge on any atom is 0.267 e. The lowest BCUT2D eigenvalue weighted by Crippen LogP contribution is -2.11. The number of aryl methyl sites for hydroxylation is 1. The van der Waals surface area contributed by atoms with E-state index in [9.17, 15) is 4.79 Å². The Kier molecular flexibility index (Phi) is 3.84. The number of nitrogens with zero attached hydrogens (tertiary/aromatic N) is 2. The summed E-state index contributed by atoms with van der Waals surface area (Å²) < 4.78 is 1.17. The molecule has 1 amide bonds. The van der Waals surface area contributed by atoms with E-state index >= 15 is 0 Å². The molecule has 24 heavy (non-hydrogen) atoms. The maximum absolute atomic E-state index is 12.2. The summed E-state index contributed by atoms with van der Waals surface area (Å²) in [6.07, 6.45) is 0. The van der Waals surface area contributed by atoms with Gasteiger partial charge in [0.25, 0.3) is 5.91 Å². The Hall–Kier alpha value is -2.57. The predicted molar refractivity (Wildman–Crippen MR) is 99.9 cm³/mol. The summed E-state index contributed by atoms with van der Waals surface area (Å²) in [7, 11) is 0. The fraction of sp³-hybridized carbons (Fsp3) is 0.0556. The van der Waals surface area contributed by atoms with Gasteiger partial charge in [0.2, 0.25) is 0 Å². The van der Waals surface area contributed by atoms with Crippen molar-refractivity contribution < 1.29 is 4.79 Å². The van der Waals surface area contributed by atoms with Crippen LogP contribution in [-0.4, -0.2) is 15.9 Å². The van der Waals surface area contributed by atoms with Crippen LogP contribution < -0.4 is 5.32 Å². The SMILES string of the molecule is Cc1ncsc1C(=O)Nc1ccc(-c2nc3ccccc3s2)cc1. The number of anilines is 1. The molecule has 4 aromatic rings. The van der Waals surface area contributed by atoms with Gasteiger partial charge in [-0.1, -0.05) is 12.1 Å². The first-order chi connectivity index (χ1) is 11.7. The van der Waals surface area contributed by atoms with Gasteiger partial charge in [0.1, 0.15) is 9.88 Å². The van der Waals surface area contributed by atoms with Crippen molar-refractivity contribution in [1.29, 1.82) is 0 Å². The van der Waals surface area contributed by atoms with Gasteiger partial charge in [0.15, 0.2) is 0 Å². The lowest BCUT2D eigenvalue weighted by molar-refractivity contribution is 0.103. The van der Waals surface area contributed by atoms with Crippen LogP contribution in [0.3, 0.4) is 0 Å². The van der Waals surface area contributed by atoms with Crippen molar-refractivity contribution in [2.45, 2.75) is 6.92 Å². The van der Waals surface area contributed by atoms with Crippen LogP contribution >= 0.6 is 22.7 Å². The third-order valence-electron chi connectivity index (χ3n) is 3.64. The molecule has 0 unspecified atom stereocenters. The largest absolute Gasteiger partial charge is 0.321 e. The normalized spacial score (nSPS) is 10.9. The molecule has 0 saturated carbocycles. The minimum Gasteiger partial charge on any atom is -0.321 e. The van der Waals surface area contributed by atoms with Crippen LogP contribution in [0.2, 0.25) is 0 Å². The molecule has 0 atom stereocenters. The van der Waals surface area contributed by atoms with Crippen LogP contribution in [0.15, 0.2) is 54.0 Å². The monoisotopic (exact) mass is 351 g/mol. The molecule has 0 bridgehead atoms. The van der Waals surface area contributed by atoms with Gasteiger partial charge in [-0.05, 0) is 43.3 Å². The molecule has 0 fully saturated rings. The van der Waals surface area contributed by atoms with E-state index in [0.29, 0.717) is 4.88 Å². The molecular weight excluding hydrogens is 338 g/mol. The van der Waals surface area contributed by atoms with Gasteiger partial charge in [0, 0.05) is 11.3 Å². The first-order valence-electron chi connectivity index (χ1n) is 7.38. The zero-order valence-electron chi connectivity index (χ0n) is 12.8. The zero-order valence-corrected chi connectivity index (χ0v) is 14.4. The number of carbonyl (C=O) groups excluding carboxylic acids is 1. The number of hydrogen-bond acceptors (Lipinski definition) is 5. The summed E-state index contributed by atoms with van der Waals surface area (Å²) in [4.78, 5) is 21.6. The van der Waals surface area contributed by atoms with Crippen molar-refractivity contribution in [2.75, 3.05) is 5.32 Å². The van der Waals surface area contributed by atoms with Crippen molar-refractivity contribution >= 4 is 44.5 Å². The second-order valence-electron chi connectivity index (χ2n) is 5.29. The number of carbonyl (C=O) groups is 1. The van der Waals surface area contributed by atoms with Gasteiger partial charge < -0.3 is 5.32 Å². The van der Waals surface area contributed by atoms with E-state index in [-0.39, 0.29) is 5.91 Å². The highest BCUT2D eigenvalue weighted by molar-refractivity contribution is 7.21. The molecular formula is C18H13N3OS2. The number of fused-ring (bicyclic) bond motifs is 1. The molecule has 0 aliphatic heterocycles. The van der Waals surface area contributed by atoms with Crippen molar-refractivity contribution in [3.05, 3.63) is 64.6 Å². The molecule has 6 heteroatoms. The summed E-state index contributed by atoms with van der Waals surface area (Å²) in [5, 5.41) is 3.88. The Morgan fingerprint density at radius 2 is 1.88 bits per heavy atom. The van der Waals surface area contributed by atoms with E-state index in [4.69, 9.17) is 0 Å². The van der Waals surface area contributed by atoms with E-state index < -0.39 is 0 Å². The average Bonchev–Trinajstić information content (AvgIpc) is 3.21. The number of hydrogen-bond donors (Lipinski definition) is 1. The summed E-state index contributed by atoms with van der Waals surface area (Å²) in [6, 6.07) is 15.9. The lowest BCUT2D eigenvalue weighted by atomic mass is 10.2. The molecule has 2 aromatic carbocycles. The Labute approximate surface area is 146 Å². The van der Waals surface area contributed by atoms with Crippen LogP contribution in [0.1, 0.15) is 15.4 Å². The van der Waals surface area contributed by atoms with Crippen LogP contribution in [-0.2, 0) is 0 Å². The molecule has 4 nitrogen and oxygen atoms in total. The van der Waals surface area contributed by atoms with E-state index in [1.54, 1.807) is 16.8 Å². The standard InChI is InChI=1S/C18H13N3OS2/c1-11-16(23-10-19-11)17(22)20-13-8-6-12(7-9-13)18-21-14-4-2-3-5-15(14)24-18/h2-10H,1H3,(H,20,22). The highest BCUT2D eigenvalue weighted by Crippen LogP contribution is 2.30. The maximum atomic E-state index is 12.2. The minimum absolute atomic E-state index is 0.122. The fourth-order valence-corrected chi connectivity index (χ4v) is 4.07. The highest BCUT2D eigenvalue weighted by Gasteiger charge is 2.12. The molecule has 118 valence electrons. The quantitative estimate of drug-likeness (QED) is 0.566. The Morgan fingerprint density at radius 3 is 2.58 bits per heavy atom. The molecule has 1 N–H and O–H groups in total. The lowest BCUT2D eigenvalue weighted by Gasteiger charge is -2.05.